The van der Waals surface area contributed by atoms with E-state index < -0.39 is 18.9 Å². The molecule has 2 aliphatic rings. The molecule has 124 valence electrons. The van der Waals surface area contributed by atoms with Crippen molar-refractivity contribution in [1.82, 2.24) is 5.09 Å². The summed E-state index contributed by atoms with van der Waals surface area (Å²) in [6.45, 7) is -3.60. The summed E-state index contributed by atoms with van der Waals surface area (Å²) in [6.07, 6.45) is -0.440. The zero-order chi connectivity index (χ0) is 16.9. The van der Waals surface area contributed by atoms with Crippen molar-refractivity contribution in [2.45, 2.75) is 5.85 Å². The molecule has 0 aliphatic carbocycles. The molecule has 1 N–H and O–H groups in total. The molecule has 1 saturated heterocycles. The van der Waals surface area contributed by atoms with E-state index in [0.717, 1.165) is 21.9 Å². The van der Waals surface area contributed by atoms with Gasteiger partial charge in [-0.15, -0.1) is 0 Å². The van der Waals surface area contributed by atoms with E-state index >= 15 is 0 Å². The molecule has 4 nitrogen and oxygen atoms in total. The molecule has 5 heteroatoms. The molecule has 2 heterocycles. The van der Waals surface area contributed by atoms with Crippen LogP contribution in [0.15, 0.2) is 84.9 Å². The number of nitrogens with one attached hydrogen (secondary N) is 1. The standard InChI is InChI=1S/C20H16NO3P/c22-20-21-25(15-9-3-1-4-10-15,16-11-5-2-6-12-16)19(23-20)17-13-7-8-14-18(17)24-25/h1-14,19H,(H,21,22). The number of hydrogen-bond acceptors (Lipinski definition) is 3. The van der Waals surface area contributed by atoms with Gasteiger partial charge in [0.15, 0.2) is 0 Å². The molecule has 1 atom stereocenters. The molecule has 0 spiro atoms. The molecular weight excluding hydrogens is 333 g/mol. The van der Waals surface area contributed by atoms with Crippen molar-refractivity contribution in [3.8, 4) is 5.75 Å². The normalized spacial score (nSPS) is 23.1. The molecule has 0 aromatic heterocycles. The van der Waals surface area contributed by atoms with Crippen LogP contribution in [0.25, 0.3) is 0 Å². The van der Waals surface area contributed by atoms with Crippen molar-refractivity contribution < 1.29 is 14.1 Å². The van der Waals surface area contributed by atoms with Gasteiger partial charge < -0.3 is 0 Å². The molecule has 0 saturated carbocycles. The molecule has 3 aromatic rings. The van der Waals surface area contributed by atoms with Crippen LogP contribution in [0, 0.1) is 0 Å². The van der Waals surface area contributed by atoms with E-state index in [0.29, 0.717) is 0 Å². The van der Waals surface area contributed by atoms with Crippen LogP contribution >= 0.6 is 6.98 Å². The van der Waals surface area contributed by atoms with Gasteiger partial charge in [0.05, 0.1) is 0 Å². The van der Waals surface area contributed by atoms with E-state index in [2.05, 4.69) is 5.09 Å². The first-order chi connectivity index (χ1) is 12.2. The first kappa shape index (κ1) is 14.5. The van der Waals surface area contributed by atoms with Crippen molar-refractivity contribution >= 4 is 23.7 Å². The third-order valence-corrected chi connectivity index (χ3v) is 10.1. The van der Waals surface area contributed by atoms with Gasteiger partial charge in [-0.05, 0) is 0 Å². The van der Waals surface area contributed by atoms with Crippen LogP contribution in [0.3, 0.4) is 0 Å². The number of fused-ring (bicyclic) bond motifs is 3. The molecule has 0 radical (unpaired) electrons. The average molecular weight is 349 g/mol. The number of para-hydroxylation sites is 1. The molecule has 1 amide bonds. The summed E-state index contributed by atoms with van der Waals surface area (Å²) in [5.41, 5.74) is 0.909. The van der Waals surface area contributed by atoms with E-state index in [4.69, 9.17) is 9.26 Å². The SMILES string of the molecule is O=C1NP2(c3ccccc3)(c3ccccc3)Oc3ccccc3C2O1. The second-order valence-corrected chi connectivity index (χ2v) is 10.4. The van der Waals surface area contributed by atoms with E-state index in [9.17, 15) is 4.79 Å². The molecule has 2 aliphatic heterocycles. The van der Waals surface area contributed by atoms with Gasteiger partial charge in [0.1, 0.15) is 0 Å². The van der Waals surface area contributed by atoms with Crippen LogP contribution in [-0.2, 0) is 4.74 Å². The maximum atomic E-state index is 12.4. The van der Waals surface area contributed by atoms with Gasteiger partial charge in [-0.3, -0.25) is 0 Å². The van der Waals surface area contributed by atoms with Gasteiger partial charge in [-0.25, -0.2) is 0 Å². The molecule has 25 heavy (non-hydrogen) atoms. The van der Waals surface area contributed by atoms with E-state index in [1.54, 1.807) is 0 Å². The van der Waals surface area contributed by atoms with Crippen molar-refractivity contribution in [3.63, 3.8) is 0 Å². The Bertz CT molecular complexity index is 935. The van der Waals surface area contributed by atoms with Crippen LogP contribution in [0.4, 0.5) is 4.79 Å². The van der Waals surface area contributed by atoms with E-state index in [1.807, 2.05) is 84.9 Å². The monoisotopic (exact) mass is 349 g/mol. The Kier molecular flexibility index (Phi) is 2.81. The van der Waals surface area contributed by atoms with Crippen LogP contribution in [0.1, 0.15) is 11.4 Å². The van der Waals surface area contributed by atoms with Crippen molar-refractivity contribution in [1.29, 1.82) is 0 Å². The fourth-order valence-electron chi connectivity index (χ4n) is 3.94. The Morgan fingerprint density at radius 1 is 0.760 bits per heavy atom. The Balaban J connectivity index is 1.91. The fraction of sp³-hybridized carbons (Fsp3) is 0.0500. The quantitative estimate of drug-likeness (QED) is 0.715. The van der Waals surface area contributed by atoms with Gasteiger partial charge in [-0.1, -0.05) is 0 Å². The number of amides is 1. The van der Waals surface area contributed by atoms with Crippen LogP contribution in [0.2, 0.25) is 0 Å². The van der Waals surface area contributed by atoms with Crippen molar-refractivity contribution in [2.75, 3.05) is 0 Å². The minimum absolute atomic E-state index is 0.440. The van der Waals surface area contributed by atoms with E-state index in [-0.39, 0.29) is 0 Å². The van der Waals surface area contributed by atoms with Crippen LogP contribution in [-0.4, -0.2) is 6.09 Å². The van der Waals surface area contributed by atoms with Crippen LogP contribution < -0.4 is 20.2 Å². The number of rotatable bonds is 2. The van der Waals surface area contributed by atoms with Crippen LogP contribution in [0.5, 0.6) is 5.75 Å². The number of carbonyl (C=O) groups is 1. The zero-order valence-electron chi connectivity index (χ0n) is 13.3. The number of ether oxygens (including phenoxy) is 1. The molecule has 1 fully saturated rings. The Morgan fingerprint density at radius 3 is 1.96 bits per heavy atom. The van der Waals surface area contributed by atoms with Gasteiger partial charge in [0.2, 0.25) is 0 Å². The summed E-state index contributed by atoms with van der Waals surface area (Å²) < 4.78 is 12.5. The zero-order valence-corrected chi connectivity index (χ0v) is 14.2. The summed E-state index contributed by atoms with van der Waals surface area (Å²) in [7, 11) is 0. The van der Waals surface area contributed by atoms with Crippen molar-refractivity contribution in [2.24, 2.45) is 0 Å². The Morgan fingerprint density at radius 2 is 1.32 bits per heavy atom. The second kappa shape index (κ2) is 4.84. The Hall–Kier alpha value is -2.84. The first-order valence-electron chi connectivity index (χ1n) is 8.15. The summed E-state index contributed by atoms with van der Waals surface area (Å²) in [5, 5.41) is 5.07. The first-order valence-corrected chi connectivity index (χ1v) is 10.4. The fourth-order valence-corrected chi connectivity index (χ4v) is 9.07. The van der Waals surface area contributed by atoms with Gasteiger partial charge in [0.25, 0.3) is 0 Å². The minimum atomic E-state index is -3.60. The number of benzene rings is 3. The van der Waals surface area contributed by atoms with Gasteiger partial charge in [0, 0.05) is 0 Å². The van der Waals surface area contributed by atoms with Gasteiger partial charge >= 0.3 is 145 Å². The topological polar surface area (TPSA) is 47.6 Å². The number of carbonyl (C=O) groups excluding carboxylic acids is 1. The molecule has 0 bridgehead atoms. The summed E-state index contributed by atoms with van der Waals surface area (Å²) in [4.78, 5) is 12.4. The van der Waals surface area contributed by atoms with Crippen molar-refractivity contribution in [3.05, 3.63) is 90.5 Å². The molecule has 1 unspecified atom stereocenters. The molecule has 3 aromatic carbocycles. The van der Waals surface area contributed by atoms with E-state index in [1.165, 1.54) is 0 Å². The second-order valence-electron chi connectivity index (χ2n) is 6.27. The summed E-state index contributed by atoms with van der Waals surface area (Å²) >= 11 is 0. The average Bonchev–Trinajstić information content (AvgIpc) is 3.12. The third kappa shape index (κ3) is 1.67. The molecular formula is C20H16NO3P. The third-order valence-electron chi connectivity index (χ3n) is 4.99. The predicted octanol–water partition coefficient (Wildman–Crippen LogP) is 3.85. The maximum absolute atomic E-state index is 12.4. The molecule has 5 rings (SSSR count). The number of hydrogen-bond donors (Lipinski definition) is 1. The summed E-state index contributed by atoms with van der Waals surface area (Å²) in [6, 6.07) is 27.6. The van der Waals surface area contributed by atoms with Gasteiger partial charge in [-0.2, -0.15) is 0 Å². The predicted molar refractivity (Wildman–Crippen MR) is 98.5 cm³/mol. The Labute approximate surface area is 145 Å². The summed E-state index contributed by atoms with van der Waals surface area (Å²) in [5.74, 6) is 0.275.